The molecule has 2 aliphatic rings. The van der Waals surface area contributed by atoms with E-state index in [1.165, 1.54) is 12.3 Å². The number of alkyl halides is 3. The van der Waals surface area contributed by atoms with Gasteiger partial charge in [0.05, 0.1) is 11.9 Å². The number of hydrogen-bond donors (Lipinski definition) is 0. The Morgan fingerprint density at radius 1 is 1.08 bits per heavy atom. The molecule has 4 rings (SSSR count). The molecule has 24 heavy (non-hydrogen) atoms. The molecule has 0 unspecified atom stereocenters. The van der Waals surface area contributed by atoms with E-state index in [0.717, 1.165) is 24.7 Å². The van der Waals surface area contributed by atoms with Gasteiger partial charge in [-0.15, -0.1) is 0 Å². The molecule has 4 nitrogen and oxygen atoms in total. The van der Waals surface area contributed by atoms with Crippen molar-refractivity contribution < 1.29 is 13.2 Å². The molecule has 0 N–H and O–H groups in total. The van der Waals surface area contributed by atoms with Gasteiger partial charge in [0.2, 0.25) is 0 Å². The Bertz CT molecular complexity index is 813. The fourth-order valence-corrected chi connectivity index (χ4v) is 3.85. The van der Waals surface area contributed by atoms with E-state index < -0.39 is 11.9 Å². The molecule has 0 saturated carbocycles. The fraction of sp³-hybridized carbons (Fsp3) is 0.412. The third kappa shape index (κ3) is 2.57. The van der Waals surface area contributed by atoms with Crippen LogP contribution >= 0.6 is 0 Å². The largest absolute Gasteiger partial charge is 0.433 e. The van der Waals surface area contributed by atoms with E-state index in [4.69, 9.17) is 0 Å². The van der Waals surface area contributed by atoms with Gasteiger partial charge in [0.1, 0.15) is 5.69 Å². The number of rotatable bonds is 1. The van der Waals surface area contributed by atoms with E-state index in [-0.39, 0.29) is 11.5 Å². The third-order valence-corrected chi connectivity index (χ3v) is 4.88. The lowest BCUT2D eigenvalue weighted by atomic mass is 9.83. The molecule has 0 radical (unpaired) electrons. The van der Waals surface area contributed by atoms with Crippen molar-refractivity contribution in [3.05, 3.63) is 58.3 Å². The first kappa shape index (κ1) is 15.2. The molecular weight excluding hydrogens is 319 g/mol. The van der Waals surface area contributed by atoms with E-state index in [2.05, 4.69) is 9.88 Å². The summed E-state index contributed by atoms with van der Waals surface area (Å²) >= 11 is 0. The van der Waals surface area contributed by atoms with Crippen LogP contribution in [-0.4, -0.2) is 22.6 Å². The molecule has 2 bridgehead atoms. The minimum atomic E-state index is -4.42. The number of pyridine rings is 2. The number of nitrogens with zero attached hydrogens (tertiary/aromatic N) is 3. The van der Waals surface area contributed by atoms with Crippen molar-refractivity contribution in [2.45, 2.75) is 25.1 Å². The maximum absolute atomic E-state index is 12.6. The molecule has 2 aromatic heterocycles. The summed E-state index contributed by atoms with van der Waals surface area (Å²) < 4.78 is 39.8. The van der Waals surface area contributed by atoms with Crippen molar-refractivity contribution in [1.29, 1.82) is 0 Å². The van der Waals surface area contributed by atoms with Crippen LogP contribution in [0.25, 0.3) is 0 Å². The van der Waals surface area contributed by atoms with Crippen LogP contribution in [0.15, 0.2) is 41.3 Å². The van der Waals surface area contributed by atoms with E-state index in [9.17, 15) is 18.0 Å². The number of piperidine rings is 1. The number of hydrogen-bond acceptors (Lipinski definition) is 3. The molecule has 1 saturated heterocycles. The van der Waals surface area contributed by atoms with E-state index >= 15 is 0 Å². The van der Waals surface area contributed by atoms with Gasteiger partial charge in [-0.3, -0.25) is 4.79 Å². The van der Waals surface area contributed by atoms with Crippen molar-refractivity contribution in [2.75, 3.05) is 18.0 Å². The van der Waals surface area contributed by atoms with E-state index in [1.54, 1.807) is 12.1 Å². The van der Waals surface area contributed by atoms with Crippen LogP contribution in [0, 0.1) is 5.92 Å². The highest BCUT2D eigenvalue weighted by atomic mass is 19.4. The molecule has 2 aromatic rings. The van der Waals surface area contributed by atoms with Gasteiger partial charge in [-0.25, -0.2) is 4.98 Å². The first-order valence-electron chi connectivity index (χ1n) is 7.90. The predicted molar refractivity (Wildman–Crippen MR) is 83.0 cm³/mol. The number of fused-ring (bicyclic) bond motifs is 4. The van der Waals surface area contributed by atoms with Gasteiger partial charge in [-0.2, -0.15) is 13.2 Å². The standard InChI is InChI=1S/C17H16F3N3O/c18-17(19,20)15-5-4-13(7-21-15)22-8-11-6-12(10-22)14-2-1-3-16(24)23(14)9-11/h1-5,7,11-12H,6,8-10H2/t11-,12+/m0/s1. The predicted octanol–water partition coefficient (Wildman–Crippen LogP) is 2.89. The third-order valence-electron chi connectivity index (χ3n) is 4.88. The van der Waals surface area contributed by atoms with Crippen LogP contribution in [0.4, 0.5) is 18.9 Å². The smallest absolute Gasteiger partial charge is 0.369 e. The Balaban J connectivity index is 1.61. The highest BCUT2D eigenvalue weighted by Crippen LogP contribution is 2.37. The zero-order valence-electron chi connectivity index (χ0n) is 12.8. The normalized spacial score (nSPS) is 23.0. The minimum Gasteiger partial charge on any atom is -0.369 e. The summed E-state index contributed by atoms with van der Waals surface area (Å²) in [6, 6.07) is 7.82. The molecule has 4 heterocycles. The minimum absolute atomic E-state index is 0.0202. The Morgan fingerprint density at radius 3 is 2.62 bits per heavy atom. The summed E-state index contributed by atoms with van der Waals surface area (Å²) in [6.45, 7) is 2.08. The van der Waals surface area contributed by atoms with Crippen molar-refractivity contribution in [1.82, 2.24) is 9.55 Å². The van der Waals surface area contributed by atoms with Gasteiger partial charge in [0.25, 0.3) is 5.56 Å². The lowest BCUT2D eigenvalue weighted by molar-refractivity contribution is -0.141. The topological polar surface area (TPSA) is 38.1 Å². The Kier molecular flexibility index (Phi) is 3.40. The average Bonchev–Trinajstić information content (AvgIpc) is 2.55. The molecule has 126 valence electrons. The Labute approximate surface area is 136 Å². The molecule has 2 atom stereocenters. The van der Waals surface area contributed by atoms with Crippen LogP contribution in [0.5, 0.6) is 0 Å². The second-order valence-electron chi connectivity index (χ2n) is 6.50. The van der Waals surface area contributed by atoms with E-state index in [0.29, 0.717) is 24.7 Å². The summed E-state index contributed by atoms with van der Waals surface area (Å²) in [5.41, 5.74) is 0.861. The second-order valence-corrected chi connectivity index (χ2v) is 6.50. The van der Waals surface area contributed by atoms with Crippen molar-refractivity contribution in [3.63, 3.8) is 0 Å². The summed E-state index contributed by atoms with van der Waals surface area (Å²) in [5, 5.41) is 0. The first-order valence-corrected chi connectivity index (χ1v) is 7.90. The van der Waals surface area contributed by atoms with Crippen LogP contribution in [0.2, 0.25) is 0 Å². The van der Waals surface area contributed by atoms with Gasteiger partial charge in [-0.1, -0.05) is 6.07 Å². The zero-order chi connectivity index (χ0) is 16.9. The molecular formula is C17H16F3N3O. The van der Waals surface area contributed by atoms with Crippen LogP contribution < -0.4 is 10.5 Å². The molecule has 0 amide bonds. The summed E-state index contributed by atoms with van der Waals surface area (Å²) in [6.07, 6.45) is -2.12. The average molecular weight is 335 g/mol. The van der Waals surface area contributed by atoms with E-state index in [1.807, 2.05) is 10.6 Å². The lowest BCUT2D eigenvalue weighted by Gasteiger charge is -2.43. The summed E-state index contributed by atoms with van der Waals surface area (Å²) in [5.74, 6) is 0.535. The molecule has 1 fully saturated rings. The SMILES string of the molecule is O=c1cccc2n1C[C@H]1C[C@@H]2CN(c2ccc(C(F)(F)F)nc2)C1. The Hall–Kier alpha value is -2.31. The number of aromatic nitrogens is 2. The van der Waals surface area contributed by atoms with Gasteiger partial charge < -0.3 is 9.47 Å². The van der Waals surface area contributed by atoms with Crippen LogP contribution in [-0.2, 0) is 12.7 Å². The zero-order valence-corrected chi connectivity index (χ0v) is 12.8. The maximum Gasteiger partial charge on any atom is 0.433 e. The first-order chi connectivity index (χ1) is 11.4. The lowest BCUT2D eigenvalue weighted by Crippen LogP contribution is -2.47. The van der Waals surface area contributed by atoms with Gasteiger partial charge in [-0.05, 0) is 30.5 Å². The second kappa shape index (κ2) is 5.36. The molecule has 7 heteroatoms. The van der Waals surface area contributed by atoms with Gasteiger partial charge in [0, 0.05) is 37.3 Å². The van der Waals surface area contributed by atoms with Crippen molar-refractivity contribution >= 4 is 5.69 Å². The number of anilines is 1. The molecule has 2 aliphatic heterocycles. The molecule has 0 aromatic carbocycles. The van der Waals surface area contributed by atoms with Crippen LogP contribution in [0.1, 0.15) is 23.7 Å². The van der Waals surface area contributed by atoms with Gasteiger partial charge >= 0.3 is 6.18 Å². The monoisotopic (exact) mass is 335 g/mol. The highest BCUT2D eigenvalue weighted by Gasteiger charge is 2.35. The molecule has 0 aliphatic carbocycles. The van der Waals surface area contributed by atoms with Crippen molar-refractivity contribution in [3.8, 4) is 0 Å². The van der Waals surface area contributed by atoms with Crippen LogP contribution in [0.3, 0.4) is 0 Å². The highest BCUT2D eigenvalue weighted by molar-refractivity contribution is 5.46. The molecule has 0 spiro atoms. The fourth-order valence-electron chi connectivity index (χ4n) is 3.85. The maximum atomic E-state index is 12.6. The Morgan fingerprint density at radius 2 is 1.92 bits per heavy atom. The van der Waals surface area contributed by atoms with Gasteiger partial charge in [0.15, 0.2) is 0 Å². The quantitative estimate of drug-likeness (QED) is 0.804. The number of halogens is 3. The van der Waals surface area contributed by atoms with Crippen molar-refractivity contribution in [2.24, 2.45) is 5.92 Å². The summed E-state index contributed by atoms with van der Waals surface area (Å²) in [4.78, 5) is 17.6. The summed E-state index contributed by atoms with van der Waals surface area (Å²) in [7, 11) is 0.